The van der Waals surface area contributed by atoms with Crippen molar-refractivity contribution in [2.45, 2.75) is 6.92 Å². The molecule has 2 N–H and O–H groups in total. The van der Waals surface area contributed by atoms with Gasteiger partial charge in [-0.15, -0.1) is 0 Å². The molecule has 0 aliphatic carbocycles. The van der Waals surface area contributed by atoms with E-state index in [4.69, 9.17) is 9.47 Å². The summed E-state index contributed by atoms with van der Waals surface area (Å²) in [4.78, 5) is 24.0. The first kappa shape index (κ1) is 24.3. The molecule has 32 heavy (non-hydrogen) atoms. The van der Waals surface area contributed by atoms with Crippen LogP contribution < -0.4 is 20.3 Å². The Morgan fingerprint density at radius 1 is 0.781 bits per heavy atom. The molecule has 2 amide bonds. The topological polar surface area (TPSA) is 76.7 Å². The second-order valence-corrected chi connectivity index (χ2v) is 9.34. The molecular weight excluding hydrogens is 608 g/mol. The number of carbonyl (C=O) groups is 2. The lowest BCUT2D eigenvalue weighted by molar-refractivity contribution is -0.131. The van der Waals surface area contributed by atoms with Gasteiger partial charge in [-0.1, -0.05) is 52.3 Å². The summed E-state index contributed by atoms with van der Waals surface area (Å²) >= 11 is 10.3. The maximum absolute atomic E-state index is 12.0. The van der Waals surface area contributed by atoms with Crippen LogP contribution in [0.2, 0.25) is 0 Å². The fraction of sp³-hybridized carbons (Fsp3) is 0.130. The Morgan fingerprint density at radius 2 is 1.44 bits per heavy atom. The van der Waals surface area contributed by atoms with E-state index >= 15 is 0 Å². The standard InChI is InChI=1S/C23H19Br3N2O4/c1-14-9-17(24)11-19(26)23(14)32-13-22(30)28-27-21(29)12-31-20-8-7-16(10-18(20)25)15-5-3-2-4-6-15/h2-11H,12-13H2,1H3,(H,27,29)(H,28,30). The summed E-state index contributed by atoms with van der Waals surface area (Å²) in [6.45, 7) is 1.35. The minimum absolute atomic E-state index is 0.255. The molecule has 0 spiro atoms. The van der Waals surface area contributed by atoms with Gasteiger partial charge in [-0.3, -0.25) is 20.4 Å². The summed E-state index contributed by atoms with van der Waals surface area (Å²) < 4.78 is 13.4. The Hall–Kier alpha value is -2.36. The van der Waals surface area contributed by atoms with Gasteiger partial charge >= 0.3 is 0 Å². The molecule has 0 fully saturated rings. The number of aryl methyl sites for hydroxylation is 1. The Balaban J connectivity index is 1.45. The number of amides is 2. The van der Waals surface area contributed by atoms with Crippen molar-refractivity contribution in [3.05, 3.63) is 79.6 Å². The molecule has 0 aliphatic heterocycles. The Labute approximate surface area is 211 Å². The number of ether oxygens (including phenoxy) is 2. The zero-order valence-corrected chi connectivity index (χ0v) is 21.7. The molecule has 3 aromatic carbocycles. The number of hydrazine groups is 1. The van der Waals surface area contributed by atoms with Gasteiger partial charge in [0, 0.05) is 4.47 Å². The summed E-state index contributed by atoms with van der Waals surface area (Å²) in [5.74, 6) is 0.0752. The molecular formula is C23H19Br3N2O4. The number of carbonyl (C=O) groups excluding carboxylic acids is 2. The fourth-order valence-corrected chi connectivity index (χ4v) is 4.84. The highest BCUT2D eigenvalue weighted by atomic mass is 79.9. The Kier molecular flexibility index (Phi) is 8.72. The molecule has 0 bridgehead atoms. The Morgan fingerprint density at radius 3 is 2.06 bits per heavy atom. The lowest BCUT2D eigenvalue weighted by Gasteiger charge is -2.13. The monoisotopic (exact) mass is 624 g/mol. The van der Waals surface area contributed by atoms with Gasteiger partial charge in [0.25, 0.3) is 11.8 Å². The number of rotatable bonds is 7. The number of hydrogen-bond acceptors (Lipinski definition) is 4. The van der Waals surface area contributed by atoms with Gasteiger partial charge in [0.15, 0.2) is 13.2 Å². The molecule has 3 rings (SSSR count). The third-order valence-electron chi connectivity index (χ3n) is 4.28. The molecule has 0 saturated heterocycles. The Bertz CT molecular complexity index is 1100. The van der Waals surface area contributed by atoms with Crippen LogP contribution in [-0.2, 0) is 9.59 Å². The third kappa shape index (κ3) is 6.82. The van der Waals surface area contributed by atoms with E-state index < -0.39 is 11.8 Å². The second-order valence-electron chi connectivity index (χ2n) is 6.72. The molecule has 3 aromatic rings. The smallest absolute Gasteiger partial charge is 0.276 e. The van der Waals surface area contributed by atoms with Crippen LogP contribution in [0, 0.1) is 6.92 Å². The summed E-state index contributed by atoms with van der Waals surface area (Å²) in [6.07, 6.45) is 0. The highest BCUT2D eigenvalue weighted by Crippen LogP contribution is 2.32. The highest BCUT2D eigenvalue weighted by molar-refractivity contribution is 9.11. The number of hydrogen-bond donors (Lipinski definition) is 2. The van der Waals surface area contributed by atoms with Gasteiger partial charge in [0.05, 0.1) is 8.95 Å². The summed E-state index contributed by atoms with van der Waals surface area (Å²) in [6, 6.07) is 19.2. The maximum atomic E-state index is 12.0. The minimum Gasteiger partial charge on any atom is -0.483 e. The average Bonchev–Trinajstić information content (AvgIpc) is 2.76. The molecule has 0 saturated carbocycles. The van der Waals surface area contributed by atoms with Crippen LogP contribution in [0.5, 0.6) is 11.5 Å². The van der Waals surface area contributed by atoms with E-state index in [-0.39, 0.29) is 13.2 Å². The lowest BCUT2D eigenvalue weighted by atomic mass is 10.1. The third-order valence-corrected chi connectivity index (χ3v) is 5.95. The van der Waals surface area contributed by atoms with Crippen LogP contribution in [-0.4, -0.2) is 25.0 Å². The molecule has 0 atom stereocenters. The van der Waals surface area contributed by atoms with Gasteiger partial charge < -0.3 is 9.47 Å². The van der Waals surface area contributed by atoms with E-state index in [9.17, 15) is 9.59 Å². The predicted octanol–water partition coefficient (Wildman–Crippen LogP) is 5.55. The van der Waals surface area contributed by atoms with Crippen LogP contribution in [0.15, 0.2) is 74.1 Å². The largest absolute Gasteiger partial charge is 0.483 e. The first-order valence-corrected chi connectivity index (χ1v) is 11.9. The van der Waals surface area contributed by atoms with Crippen molar-refractivity contribution in [3.63, 3.8) is 0 Å². The first-order valence-electron chi connectivity index (χ1n) is 9.47. The quantitative estimate of drug-likeness (QED) is 0.337. The van der Waals surface area contributed by atoms with Crippen molar-refractivity contribution in [2.75, 3.05) is 13.2 Å². The minimum atomic E-state index is -0.501. The van der Waals surface area contributed by atoms with Crippen molar-refractivity contribution in [1.82, 2.24) is 10.9 Å². The molecule has 0 unspecified atom stereocenters. The number of benzene rings is 3. The zero-order valence-electron chi connectivity index (χ0n) is 17.0. The van der Waals surface area contributed by atoms with E-state index in [0.717, 1.165) is 30.1 Å². The molecule has 0 aliphatic rings. The van der Waals surface area contributed by atoms with E-state index in [2.05, 4.69) is 58.6 Å². The van der Waals surface area contributed by atoms with E-state index in [0.29, 0.717) is 11.5 Å². The zero-order chi connectivity index (χ0) is 23.1. The average molecular weight is 627 g/mol. The SMILES string of the molecule is Cc1cc(Br)cc(Br)c1OCC(=O)NNC(=O)COc1ccc(-c2ccccc2)cc1Br. The fourth-order valence-electron chi connectivity index (χ4n) is 2.79. The maximum Gasteiger partial charge on any atom is 0.276 e. The molecule has 0 heterocycles. The van der Waals surface area contributed by atoms with E-state index in [1.165, 1.54) is 0 Å². The van der Waals surface area contributed by atoms with E-state index in [1.807, 2.05) is 61.5 Å². The second kappa shape index (κ2) is 11.5. The van der Waals surface area contributed by atoms with Crippen LogP contribution in [0.4, 0.5) is 0 Å². The normalized spacial score (nSPS) is 10.4. The van der Waals surface area contributed by atoms with Crippen molar-refractivity contribution in [2.24, 2.45) is 0 Å². The molecule has 9 heteroatoms. The van der Waals surface area contributed by atoms with Crippen LogP contribution in [0.1, 0.15) is 5.56 Å². The summed E-state index contributed by atoms with van der Waals surface area (Å²) in [5, 5.41) is 0. The lowest BCUT2D eigenvalue weighted by Crippen LogP contribution is -2.45. The van der Waals surface area contributed by atoms with E-state index in [1.54, 1.807) is 6.07 Å². The van der Waals surface area contributed by atoms with Crippen LogP contribution >= 0.6 is 47.8 Å². The molecule has 166 valence electrons. The first-order chi connectivity index (χ1) is 15.3. The van der Waals surface area contributed by atoms with Gasteiger partial charge in [0.1, 0.15) is 11.5 Å². The van der Waals surface area contributed by atoms with Crippen molar-refractivity contribution >= 4 is 59.6 Å². The van der Waals surface area contributed by atoms with Gasteiger partial charge in [-0.05, 0) is 79.7 Å². The van der Waals surface area contributed by atoms with Crippen LogP contribution in [0.3, 0.4) is 0 Å². The summed E-state index contributed by atoms with van der Waals surface area (Å²) in [5.41, 5.74) is 7.57. The van der Waals surface area contributed by atoms with Gasteiger partial charge in [-0.2, -0.15) is 0 Å². The van der Waals surface area contributed by atoms with Crippen molar-refractivity contribution < 1.29 is 19.1 Å². The van der Waals surface area contributed by atoms with Gasteiger partial charge in [0.2, 0.25) is 0 Å². The predicted molar refractivity (Wildman–Crippen MR) is 133 cm³/mol. The van der Waals surface area contributed by atoms with Crippen LogP contribution in [0.25, 0.3) is 11.1 Å². The number of nitrogens with one attached hydrogen (secondary N) is 2. The highest BCUT2D eigenvalue weighted by Gasteiger charge is 2.11. The molecule has 0 aromatic heterocycles. The van der Waals surface area contributed by atoms with Crippen molar-refractivity contribution in [1.29, 1.82) is 0 Å². The molecule has 0 radical (unpaired) electrons. The molecule has 6 nitrogen and oxygen atoms in total. The van der Waals surface area contributed by atoms with Crippen molar-refractivity contribution in [3.8, 4) is 22.6 Å². The summed E-state index contributed by atoms with van der Waals surface area (Å²) in [7, 11) is 0. The number of halogens is 3. The van der Waals surface area contributed by atoms with Gasteiger partial charge in [-0.25, -0.2) is 0 Å².